The van der Waals surface area contributed by atoms with Crippen LogP contribution >= 0.6 is 0 Å². The molecule has 2 aromatic heterocycles. The van der Waals surface area contributed by atoms with Crippen LogP contribution in [0.15, 0.2) is 36.8 Å². The predicted molar refractivity (Wildman–Crippen MR) is 77.1 cm³/mol. The van der Waals surface area contributed by atoms with Crippen molar-refractivity contribution < 1.29 is 4.79 Å². The molecule has 0 spiro atoms. The quantitative estimate of drug-likeness (QED) is 0.832. The topological polar surface area (TPSA) is 85.8 Å². The van der Waals surface area contributed by atoms with Crippen molar-refractivity contribution in [2.45, 2.75) is 32.4 Å². The fourth-order valence-electron chi connectivity index (χ4n) is 1.76. The molecule has 2 heterocycles. The van der Waals surface area contributed by atoms with Crippen LogP contribution in [-0.2, 0) is 11.3 Å². The summed E-state index contributed by atoms with van der Waals surface area (Å²) in [6, 6.07) is 5.68. The molecule has 1 atom stereocenters. The Balaban J connectivity index is 1.87. The van der Waals surface area contributed by atoms with E-state index in [0.717, 1.165) is 5.56 Å². The van der Waals surface area contributed by atoms with Gasteiger partial charge in [0, 0.05) is 37.1 Å². The molecule has 3 N–H and O–H groups in total. The van der Waals surface area contributed by atoms with Crippen molar-refractivity contribution in [2.75, 3.05) is 5.32 Å². The summed E-state index contributed by atoms with van der Waals surface area (Å²) in [4.78, 5) is 15.6. The van der Waals surface area contributed by atoms with Crippen molar-refractivity contribution in [3.8, 4) is 0 Å². The maximum absolute atomic E-state index is 11.7. The third-order valence-electron chi connectivity index (χ3n) is 2.83. The van der Waals surface area contributed by atoms with Crippen LogP contribution in [0.5, 0.6) is 0 Å². The van der Waals surface area contributed by atoms with E-state index in [4.69, 9.17) is 5.73 Å². The Labute approximate surface area is 118 Å². The molecule has 0 radical (unpaired) electrons. The summed E-state index contributed by atoms with van der Waals surface area (Å²) in [6.45, 7) is 2.54. The second-order valence-corrected chi connectivity index (χ2v) is 4.82. The van der Waals surface area contributed by atoms with Gasteiger partial charge in [-0.3, -0.25) is 14.5 Å². The number of rotatable bonds is 6. The molecule has 0 fully saturated rings. The van der Waals surface area contributed by atoms with Crippen LogP contribution in [0.25, 0.3) is 0 Å². The first-order chi connectivity index (χ1) is 9.63. The molecular weight excluding hydrogens is 254 g/mol. The van der Waals surface area contributed by atoms with Gasteiger partial charge >= 0.3 is 0 Å². The van der Waals surface area contributed by atoms with E-state index in [9.17, 15) is 4.79 Å². The van der Waals surface area contributed by atoms with Crippen LogP contribution in [0, 0.1) is 0 Å². The number of nitrogens with zero attached hydrogens (tertiary/aromatic N) is 3. The average molecular weight is 273 g/mol. The molecule has 0 bridgehead atoms. The van der Waals surface area contributed by atoms with E-state index >= 15 is 0 Å². The molecule has 6 nitrogen and oxygen atoms in total. The molecule has 106 valence electrons. The lowest BCUT2D eigenvalue weighted by atomic mass is 10.2. The lowest BCUT2D eigenvalue weighted by Crippen LogP contribution is -2.19. The minimum absolute atomic E-state index is 0.0324. The van der Waals surface area contributed by atoms with Crippen molar-refractivity contribution >= 4 is 11.7 Å². The Kier molecular flexibility index (Phi) is 4.84. The third kappa shape index (κ3) is 4.47. The van der Waals surface area contributed by atoms with Gasteiger partial charge < -0.3 is 11.1 Å². The Morgan fingerprint density at radius 2 is 2.15 bits per heavy atom. The van der Waals surface area contributed by atoms with Crippen LogP contribution in [0.3, 0.4) is 0 Å². The fraction of sp³-hybridized carbons (Fsp3) is 0.357. The molecule has 1 amide bonds. The zero-order valence-electron chi connectivity index (χ0n) is 11.5. The minimum Gasteiger partial charge on any atom is -0.328 e. The molecule has 1 unspecified atom stereocenters. The summed E-state index contributed by atoms with van der Waals surface area (Å²) in [5.74, 6) is 0.505. The Morgan fingerprint density at radius 3 is 2.85 bits per heavy atom. The van der Waals surface area contributed by atoms with Crippen LogP contribution < -0.4 is 11.1 Å². The highest BCUT2D eigenvalue weighted by molar-refractivity contribution is 5.89. The van der Waals surface area contributed by atoms with Gasteiger partial charge in [0.2, 0.25) is 5.91 Å². The van der Waals surface area contributed by atoms with E-state index in [1.807, 2.05) is 25.3 Å². The SMILES string of the molecule is CC(N)CCC(=O)Nc1ccn(Cc2ccncc2)n1. The summed E-state index contributed by atoms with van der Waals surface area (Å²) in [7, 11) is 0. The van der Waals surface area contributed by atoms with Crippen LogP contribution in [0.4, 0.5) is 5.82 Å². The van der Waals surface area contributed by atoms with Gasteiger partial charge in [-0.15, -0.1) is 0 Å². The molecule has 0 aliphatic rings. The monoisotopic (exact) mass is 273 g/mol. The van der Waals surface area contributed by atoms with Crippen molar-refractivity contribution in [3.05, 3.63) is 42.4 Å². The second kappa shape index (κ2) is 6.81. The number of carbonyl (C=O) groups excluding carboxylic acids is 1. The van der Waals surface area contributed by atoms with Crippen molar-refractivity contribution in [1.82, 2.24) is 14.8 Å². The van der Waals surface area contributed by atoms with Gasteiger partial charge in [0.1, 0.15) is 0 Å². The third-order valence-corrected chi connectivity index (χ3v) is 2.83. The zero-order chi connectivity index (χ0) is 14.4. The van der Waals surface area contributed by atoms with Crippen LogP contribution in [0.1, 0.15) is 25.3 Å². The molecule has 0 aliphatic heterocycles. The van der Waals surface area contributed by atoms with Crippen molar-refractivity contribution in [3.63, 3.8) is 0 Å². The van der Waals surface area contributed by atoms with E-state index in [0.29, 0.717) is 25.2 Å². The Hall–Kier alpha value is -2.21. The zero-order valence-corrected chi connectivity index (χ0v) is 11.5. The highest BCUT2D eigenvalue weighted by Crippen LogP contribution is 2.07. The first kappa shape index (κ1) is 14.2. The van der Waals surface area contributed by atoms with Gasteiger partial charge in [0.05, 0.1) is 6.54 Å². The lowest BCUT2D eigenvalue weighted by Gasteiger charge is -2.04. The summed E-state index contributed by atoms with van der Waals surface area (Å²) >= 11 is 0. The van der Waals surface area contributed by atoms with Crippen LogP contribution in [-0.4, -0.2) is 26.7 Å². The molecule has 6 heteroatoms. The molecule has 2 aromatic rings. The fourth-order valence-corrected chi connectivity index (χ4v) is 1.76. The molecule has 2 rings (SSSR count). The van der Waals surface area contributed by atoms with E-state index in [1.54, 1.807) is 23.1 Å². The second-order valence-electron chi connectivity index (χ2n) is 4.82. The van der Waals surface area contributed by atoms with Gasteiger partial charge in [-0.05, 0) is 31.0 Å². The maximum atomic E-state index is 11.7. The number of pyridine rings is 1. The summed E-state index contributed by atoms with van der Waals surface area (Å²) < 4.78 is 1.77. The van der Waals surface area contributed by atoms with Gasteiger partial charge in [0.15, 0.2) is 5.82 Å². The Bertz CT molecular complexity index is 550. The van der Waals surface area contributed by atoms with E-state index in [2.05, 4.69) is 15.4 Å². The molecule has 0 aromatic carbocycles. The molecule has 0 saturated heterocycles. The summed E-state index contributed by atoms with van der Waals surface area (Å²) in [5.41, 5.74) is 6.73. The number of hydrogen-bond donors (Lipinski definition) is 2. The molecular formula is C14H19N5O. The molecule has 0 aliphatic carbocycles. The number of carbonyl (C=O) groups is 1. The van der Waals surface area contributed by atoms with Gasteiger partial charge in [-0.2, -0.15) is 5.10 Å². The van der Waals surface area contributed by atoms with Gasteiger partial charge in [-0.25, -0.2) is 0 Å². The van der Waals surface area contributed by atoms with Gasteiger partial charge in [-0.1, -0.05) is 0 Å². The average Bonchev–Trinajstić information content (AvgIpc) is 2.85. The van der Waals surface area contributed by atoms with E-state index in [-0.39, 0.29) is 11.9 Å². The normalized spacial score (nSPS) is 12.1. The summed E-state index contributed by atoms with van der Waals surface area (Å²) in [6.07, 6.45) is 6.41. The Morgan fingerprint density at radius 1 is 1.40 bits per heavy atom. The summed E-state index contributed by atoms with van der Waals surface area (Å²) in [5, 5.41) is 7.07. The molecule has 0 saturated carbocycles. The van der Waals surface area contributed by atoms with Crippen molar-refractivity contribution in [1.29, 1.82) is 0 Å². The van der Waals surface area contributed by atoms with Crippen molar-refractivity contribution in [2.24, 2.45) is 5.73 Å². The number of amides is 1. The van der Waals surface area contributed by atoms with E-state index < -0.39 is 0 Å². The first-order valence-corrected chi connectivity index (χ1v) is 6.61. The van der Waals surface area contributed by atoms with Crippen LogP contribution in [0.2, 0.25) is 0 Å². The lowest BCUT2D eigenvalue weighted by molar-refractivity contribution is -0.116. The van der Waals surface area contributed by atoms with Gasteiger partial charge in [0.25, 0.3) is 0 Å². The number of aromatic nitrogens is 3. The standard InChI is InChI=1S/C14H19N5O/c1-11(15)2-3-14(20)17-13-6-9-19(18-13)10-12-4-7-16-8-5-12/h4-9,11H,2-3,10,15H2,1H3,(H,17,18,20). The van der Waals surface area contributed by atoms with E-state index in [1.165, 1.54) is 0 Å². The number of nitrogens with one attached hydrogen (secondary N) is 1. The number of nitrogens with two attached hydrogens (primary N) is 1. The number of hydrogen-bond acceptors (Lipinski definition) is 4. The highest BCUT2D eigenvalue weighted by atomic mass is 16.1. The smallest absolute Gasteiger partial charge is 0.225 e. The number of anilines is 1. The molecule has 20 heavy (non-hydrogen) atoms. The minimum atomic E-state index is -0.0588. The largest absolute Gasteiger partial charge is 0.328 e. The first-order valence-electron chi connectivity index (χ1n) is 6.61. The predicted octanol–water partition coefficient (Wildman–Crippen LogP) is 1.39. The highest BCUT2D eigenvalue weighted by Gasteiger charge is 2.06. The maximum Gasteiger partial charge on any atom is 0.225 e.